The molecule has 4 heterocycles. The average molecular weight is 495 g/mol. The maximum Gasteiger partial charge on any atom is 0.242 e. The minimum atomic E-state index is -0.0407. The summed E-state index contributed by atoms with van der Waals surface area (Å²) in [5.74, 6) is 2.04. The summed E-state index contributed by atoms with van der Waals surface area (Å²) >= 11 is 0. The van der Waals surface area contributed by atoms with Gasteiger partial charge in [0.05, 0.1) is 46.4 Å². The van der Waals surface area contributed by atoms with Gasteiger partial charge in [-0.2, -0.15) is 0 Å². The lowest BCUT2D eigenvalue weighted by Crippen LogP contribution is -2.38. The number of nitrogens with zero attached hydrogens (tertiary/aromatic N) is 7. The number of hydrogen-bond donors (Lipinski definition) is 1. The minimum absolute atomic E-state index is 0.0407. The van der Waals surface area contributed by atoms with Gasteiger partial charge < -0.3 is 5.32 Å². The van der Waals surface area contributed by atoms with Crippen LogP contribution in [0, 0.1) is 0 Å². The van der Waals surface area contributed by atoms with E-state index in [-0.39, 0.29) is 6.04 Å². The zero-order valence-corrected chi connectivity index (χ0v) is 20.4. The lowest BCUT2D eigenvalue weighted by Gasteiger charge is -2.26. The summed E-state index contributed by atoms with van der Waals surface area (Å²) < 4.78 is 4.21. The van der Waals surface area contributed by atoms with E-state index in [1.807, 2.05) is 53.3 Å². The third-order valence-corrected chi connectivity index (χ3v) is 7.26. The monoisotopic (exact) mass is 494 g/mol. The van der Waals surface area contributed by atoms with E-state index in [1.54, 1.807) is 6.20 Å². The standard InChI is InChI=1S/C30H22N8/c1-7-15-26-19(9-1)20-10-2-8-16-27(20)37(26)30-36-35-29(25-17-31-21-11-3-5-13-23(21)33-25)38(30)28-18-32-22-12-4-6-14-24(22)34-28/h1,3-9,11-18,24,34H,2,10H2. The third kappa shape index (κ3) is 3.13. The van der Waals surface area contributed by atoms with Gasteiger partial charge >= 0.3 is 0 Å². The SMILES string of the molecule is C1=CC2=NC=C(n3c(-c4cnc5ccccc5n4)nnc3-n3c4c(c5ccccc53)CCC=C4)NC2C=C1. The Labute approximate surface area is 218 Å². The Morgan fingerprint density at radius 2 is 1.79 bits per heavy atom. The molecule has 182 valence electrons. The highest BCUT2D eigenvalue weighted by Gasteiger charge is 2.28. The van der Waals surface area contributed by atoms with Gasteiger partial charge in [0, 0.05) is 5.39 Å². The van der Waals surface area contributed by atoms with E-state index in [2.05, 4.69) is 62.5 Å². The Bertz CT molecular complexity index is 1910. The molecule has 2 aliphatic carbocycles. The van der Waals surface area contributed by atoms with Gasteiger partial charge in [0.1, 0.15) is 11.5 Å². The largest absolute Gasteiger partial charge is 0.358 e. The second-order valence-electron chi connectivity index (χ2n) is 9.49. The number of aliphatic imine (C=N–C) groups is 1. The highest BCUT2D eigenvalue weighted by Crippen LogP contribution is 2.35. The smallest absolute Gasteiger partial charge is 0.242 e. The normalized spacial score (nSPS) is 17.7. The Morgan fingerprint density at radius 1 is 0.895 bits per heavy atom. The van der Waals surface area contributed by atoms with Crippen LogP contribution < -0.4 is 5.32 Å². The van der Waals surface area contributed by atoms with Gasteiger partial charge in [-0.1, -0.05) is 54.6 Å². The molecule has 0 saturated heterocycles. The molecule has 3 aliphatic rings. The molecule has 0 saturated carbocycles. The Balaban J connectivity index is 1.40. The van der Waals surface area contributed by atoms with E-state index in [1.165, 1.54) is 10.9 Å². The van der Waals surface area contributed by atoms with E-state index >= 15 is 0 Å². The molecule has 5 aromatic rings. The highest BCUT2D eigenvalue weighted by molar-refractivity contribution is 6.04. The second-order valence-corrected chi connectivity index (χ2v) is 9.49. The van der Waals surface area contributed by atoms with Crippen molar-refractivity contribution in [2.45, 2.75) is 18.9 Å². The molecular weight excluding hydrogens is 472 g/mol. The van der Waals surface area contributed by atoms with Crippen molar-refractivity contribution in [3.63, 3.8) is 0 Å². The summed E-state index contributed by atoms with van der Waals surface area (Å²) in [7, 11) is 0. The molecular formula is C30H22N8. The number of fused-ring (bicyclic) bond motifs is 5. The number of aryl methyl sites for hydroxylation is 1. The number of nitrogens with one attached hydrogen (secondary N) is 1. The molecule has 8 rings (SSSR count). The van der Waals surface area contributed by atoms with Crippen LogP contribution in [0.2, 0.25) is 0 Å². The summed E-state index contributed by atoms with van der Waals surface area (Å²) in [5.41, 5.74) is 6.79. The van der Waals surface area contributed by atoms with Crippen LogP contribution in [0.15, 0.2) is 96.3 Å². The second kappa shape index (κ2) is 8.21. The number of allylic oxidation sites excluding steroid dienone is 3. The van der Waals surface area contributed by atoms with E-state index in [4.69, 9.17) is 15.1 Å². The molecule has 0 radical (unpaired) electrons. The predicted octanol–water partition coefficient (Wildman–Crippen LogP) is 5.09. The molecule has 0 fully saturated rings. The van der Waals surface area contributed by atoms with Gasteiger partial charge in [0.2, 0.25) is 5.95 Å². The first-order valence-electron chi connectivity index (χ1n) is 12.7. The van der Waals surface area contributed by atoms with Crippen LogP contribution in [-0.4, -0.2) is 41.1 Å². The summed E-state index contributed by atoms with van der Waals surface area (Å²) in [6, 6.07) is 16.3. The molecule has 8 heteroatoms. The van der Waals surface area contributed by atoms with Crippen molar-refractivity contribution >= 4 is 39.5 Å². The average Bonchev–Trinajstić information content (AvgIpc) is 3.56. The highest BCUT2D eigenvalue weighted by atomic mass is 15.4. The topological polar surface area (TPSA) is 85.8 Å². The molecule has 1 N–H and O–H groups in total. The van der Waals surface area contributed by atoms with Crippen molar-refractivity contribution in [3.8, 4) is 17.5 Å². The first kappa shape index (κ1) is 21.0. The van der Waals surface area contributed by atoms with Crippen molar-refractivity contribution in [1.82, 2.24) is 34.6 Å². The number of para-hydroxylation sites is 3. The van der Waals surface area contributed by atoms with E-state index in [9.17, 15) is 0 Å². The fourth-order valence-electron chi connectivity index (χ4n) is 5.51. The summed E-state index contributed by atoms with van der Waals surface area (Å²) in [4.78, 5) is 14.3. The van der Waals surface area contributed by atoms with Crippen molar-refractivity contribution < 1.29 is 0 Å². The third-order valence-electron chi connectivity index (χ3n) is 7.26. The van der Waals surface area contributed by atoms with Crippen LogP contribution in [0.5, 0.6) is 0 Å². The Morgan fingerprint density at radius 3 is 2.76 bits per heavy atom. The molecule has 0 amide bonds. The van der Waals surface area contributed by atoms with Gasteiger partial charge in [-0.15, -0.1) is 10.2 Å². The molecule has 1 atom stereocenters. The molecule has 3 aromatic heterocycles. The maximum absolute atomic E-state index is 4.90. The van der Waals surface area contributed by atoms with Gasteiger partial charge in [-0.25, -0.2) is 9.55 Å². The van der Waals surface area contributed by atoms with E-state index in [0.29, 0.717) is 17.5 Å². The molecule has 0 spiro atoms. The first-order chi connectivity index (χ1) is 18.8. The van der Waals surface area contributed by atoms with Crippen LogP contribution in [-0.2, 0) is 6.42 Å². The van der Waals surface area contributed by atoms with Crippen LogP contribution in [0.4, 0.5) is 0 Å². The zero-order valence-electron chi connectivity index (χ0n) is 20.4. The van der Waals surface area contributed by atoms with Crippen molar-refractivity contribution in [3.05, 3.63) is 103 Å². The number of rotatable bonds is 3. The Hall–Kier alpha value is -5.11. The van der Waals surface area contributed by atoms with Gasteiger partial charge in [-0.3, -0.25) is 14.5 Å². The molecule has 0 bridgehead atoms. The molecule has 8 nitrogen and oxygen atoms in total. The van der Waals surface area contributed by atoms with E-state index < -0.39 is 0 Å². The van der Waals surface area contributed by atoms with Crippen LogP contribution in [0.3, 0.4) is 0 Å². The first-order valence-corrected chi connectivity index (χ1v) is 12.7. The van der Waals surface area contributed by atoms with E-state index in [0.717, 1.165) is 46.6 Å². The van der Waals surface area contributed by atoms with Crippen molar-refractivity contribution in [2.24, 2.45) is 4.99 Å². The molecule has 2 aromatic carbocycles. The maximum atomic E-state index is 4.90. The fourth-order valence-corrected chi connectivity index (χ4v) is 5.51. The van der Waals surface area contributed by atoms with Crippen LogP contribution in [0.25, 0.3) is 51.3 Å². The van der Waals surface area contributed by atoms with Crippen molar-refractivity contribution in [1.29, 1.82) is 0 Å². The van der Waals surface area contributed by atoms with Gasteiger partial charge in [0.25, 0.3) is 0 Å². The number of benzene rings is 2. The number of hydrogen-bond acceptors (Lipinski definition) is 6. The lowest BCUT2D eigenvalue weighted by molar-refractivity contribution is 0.793. The van der Waals surface area contributed by atoms with Crippen LogP contribution >= 0.6 is 0 Å². The van der Waals surface area contributed by atoms with Gasteiger partial charge in [-0.05, 0) is 48.8 Å². The lowest BCUT2D eigenvalue weighted by atomic mass is 10.0. The minimum Gasteiger partial charge on any atom is -0.358 e. The summed E-state index contributed by atoms with van der Waals surface area (Å²) in [6.45, 7) is 0. The molecule has 1 unspecified atom stereocenters. The van der Waals surface area contributed by atoms with Crippen LogP contribution in [0.1, 0.15) is 17.7 Å². The summed E-state index contributed by atoms with van der Waals surface area (Å²) in [5, 5.41) is 14.3. The van der Waals surface area contributed by atoms with Crippen molar-refractivity contribution in [2.75, 3.05) is 0 Å². The van der Waals surface area contributed by atoms with Gasteiger partial charge in [0.15, 0.2) is 5.82 Å². The number of aromatic nitrogens is 6. The Kier molecular flexibility index (Phi) is 4.54. The molecule has 1 aliphatic heterocycles. The molecule has 38 heavy (non-hydrogen) atoms. The fraction of sp³-hybridized carbons (Fsp3) is 0.100. The summed E-state index contributed by atoms with van der Waals surface area (Å²) in [6.07, 6.45) is 18.2. The quantitative estimate of drug-likeness (QED) is 0.378. The predicted molar refractivity (Wildman–Crippen MR) is 150 cm³/mol. The zero-order chi connectivity index (χ0) is 25.1.